The molecule has 10 heteroatoms. The van der Waals surface area contributed by atoms with Gasteiger partial charge in [-0.15, -0.1) is 11.3 Å². The van der Waals surface area contributed by atoms with Gasteiger partial charge >= 0.3 is 5.97 Å². The summed E-state index contributed by atoms with van der Waals surface area (Å²) < 4.78 is 17.8. The van der Waals surface area contributed by atoms with Crippen LogP contribution in [-0.4, -0.2) is 33.0 Å². The number of thiazole rings is 1. The molecule has 0 fully saturated rings. The molecule has 0 unspecified atom stereocenters. The number of fused-ring (bicyclic) bond motifs is 1. The van der Waals surface area contributed by atoms with E-state index >= 15 is 0 Å². The Balaban J connectivity index is 1.58. The summed E-state index contributed by atoms with van der Waals surface area (Å²) in [5.74, 6) is -0.437. The van der Waals surface area contributed by atoms with Gasteiger partial charge in [0.15, 0.2) is 10.8 Å². The number of halogens is 1. The Morgan fingerprint density at radius 2 is 2.00 bits per heavy atom. The summed E-state index contributed by atoms with van der Waals surface area (Å²) in [6.45, 7) is 1.72. The number of carbonyl (C=O) groups is 1. The summed E-state index contributed by atoms with van der Waals surface area (Å²) in [4.78, 5) is 40.5. The summed E-state index contributed by atoms with van der Waals surface area (Å²) in [7, 11) is 1.25. The topological polar surface area (TPSA) is 97.8 Å². The number of aryl methyl sites for hydroxylation is 1. The van der Waals surface area contributed by atoms with Crippen molar-refractivity contribution >= 4 is 40.1 Å². The maximum Gasteiger partial charge on any atom is 0.338 e. The van der Waals surface area contributed by atoms with Crippen molar-refractivity contribution in [1.29, 1.82) is 0 Å². The standard InChI is InChI=1S/C20H15FN4O3S2/c1-10-7-14(19(27)28-2)15-16(22-10)24-20(25-17(15)26)30-9-13-8-29-18(23-13)11-3-5-12(21)6-4-11/h3-8H,9H2,1-2H3,(H,22,24,25,26). The van der Waals surface area contributed by atoms with Gasteiger partial charge in [0.05, 0.1) is 23.8 Å². The van der Waals surface area contributed by atoms with E-state index in [-0.39, 0.29) is 22.4 Å². The van der Waals surface area contributed by atoms with E-state index in [1.54, 1.807) is 19.1 Å². The number of carbonyl (C=O) groups excluding carboxylic acids is 1. The van der Waals surface area contributed by atoms with Gasteiger partial charge in [0.1, 0.15) is 10.8 Å². The predicted molar refractivity (Wildman–Crippen MR) is 113 cm³/mol. The molecule has 0 saturated heterocycles. The number of H-pyrrole nitrogens is 1. The first-order valence-electron chi connectivity index (χ1n) is 8.77. The molecule has 0 atom stereocenters. The van der Waals surface area contributed by atoms with Crippen LogP contribution in [0.5, 0.6) is 0 Å². The Bertz CT molecular complexity index is 1300. The molecule has 0 amide bonds. The highest BCUT2D eigenvalue weighted by Crippen LogP contribution is 2.27. The van der Waals surface area contributed by atoms with Crippen molar-refractivity contribution in [3.63, 3.8) is 0 Å². The summed E-state index contributed by atoms with van der Waals surface area (Å²) >= 11 is 2.76. The van der Waals surface area contributed by atoms with Crippen molar-refractivity contribution in [3.8, 4) is 10.6 Å². The molecular formula is C20H15FN4O3S2. The zero-order valence-electron chi connectivity index (χ0n) is 15.9. The number of hydrogen-bond acceptors (Lipinski definition) is 8. The van der Waals surface area contributed by atoms with E-state index < -0.39 is 11.5 Å². The number of nitrogens with zero attached hydrogens (tertiary/aromatic N) is 3. The Labute approximate surface area is 178 Å². The van der Waals surface area contributed by atoms with Crippen LogP contribution < -0.4 is 5.56 Å². The van der Waals surface area contributed by atoms with Crippen molar-refractivity contribution < 1.29 is 13.9 Å². The fourth-order valence-corrected chi connectivity index (χ4v) is 4.50. The molecule has 0 saturated carbocycles. The maximum atomic E-state index is 13.1. The Morgan fingerprint density at radius 3 is 2.73 bits per heavy atom. The molecule has 1 aromatic carbocycles. The van der Waals surface area contributed by atoms with Crippen molar-refractivity contribution in [2.45, 2.75) is 17.8 Å². The molecule has 30 heavy (non-hydrogen) atoms. The Hall–Kier alpha value is -3.11. The molecule has 0 radical (unpaired) electrons. The zero-order chi connectivity index (χ0) is 21.3. The molecule has 0 aliphatic heterocycles. The molecule has 0 spiro atoms. The first-order valence-corrected chi connectivity index (χ1v) is 10.6. The van der Waals surface area contributed by atoms with Crippen molar-refractivity contribution in [2.24, 2.45) is 0 Å². The summed E-state index contributed by atoms with van der Waals surface area (Å²) in [5, 5.41) is 3.16. The van der Waals surface area contributed by atoms with Gasteiger partial charge in [0.2, 0.25) is 0 Å². The van der Waals surface area contributed by atoms with Crippen LogP contribution in [0.2, 0.25) is 0 Å². The fourth-order valence-electron chi connectivity index (χ4n) is 2.83. The van der Waals surface area contributed by atoms with Crippen LogP contribution in [0.1, 0.15) is 21.7 Å². The molecule has 1 N–H and O–H groups in total. The minimum absolute atomic E-state index is 0.101. The lowest BCUT2D eigenvalue weighted by atomic mass is 10.1. The maximum absolute atomic E-state index is 13.1. The van der Waals surface area contributed by atoms with Crippen LogP contribution in [0.3, 0.4) is 0 Å². The fraction of sp³-hybridized carbons (Fsp3) is 0.150. The monoisotopic (exact) mass is 442 g/mol. The Kier molecular flexibility index (Phi) is 5.60. The number of methoxy groups -OCH3 is 1. The second kappa shape index (κ2) is 8.33. The van der Waals surface area contributed by atoms with Crippen LogP contribution in [0.4, 0.5) is 4.39 Å². The highest BCUT2D eigenvalue weighted by Gasteiger charge is 2.17. The molecule has 0 bridgehead atoms. The zero-order valence-corrected chi connectivity index (χ0v) is 17.6. The van der Waals surface area contributed by atoms with Crippen LogP contribution in [0.25, 0.3) is 21.6 Å². The predicted octanol–water partition coefficient (Wildman–Crippen LogP) is 3.97. The lowest BCUT2D eigenvalue weighted by Gasteiger charge is -2.06. The first-order chi connectivity index (χ1) is 14.4. The minimum atomic E-state index is -0.617. The van der Waals surface area contributed by atoms with E-state index in [4.69, 9.17) is 4.74 Å². The van der Waals surface area contributed by atoms with Crippen LogP contribution in [0, 0.1) is 12.7 Å². The molecule has 4 rings (SSSR count). The van der Waals surface area contributed by atoms with Crippen molar-refractivity contribution in [3.05, 3.63) is 68.8 Å². The van der Waals surface area contributed by atoms with E-state index in [1.165, 1.54) is 48.4 Å². The summed E-state index contributed by atoms with van der Waals surface area (Å²) in [5.41, 5.74) is 2.06. The number of rotatable bonds is 5. The van der Waals surface area contributed by atoms with E-state index in [1.807, 2.05) is 5.38 Å². The second-order valence-electron chi connectivity index (χ2n) is 6.31. The highest BCUT2D eigenvalue weighted by molar-refractivity contribution is 7.98. The van der Waals surface area contributed by atoms with E-state index in [0.717, 1.165) is 16.3 Å². The van der Waals surface area contributed by atoms with Gasteiger partial charge in [-0.1, -0.05) is 11.8 Å². The van der Waals surface area contributed by atoms with Gasteiger partial charge in [-0.2, -0.15) is 0 Å². The number of aromatic amines is 1. The highest BCUT2D eigenvalue weighted by atomic mass is 32.2. The summed E-state index contributed by atoms with van der Waals surface area (Å²) in [6.07, 6.45) is 0. The number of benzene rings is 1. The lowest BCUT2D eigenvalue weighted by molar-refractivity contribution is 0.0602. The van der Waals surface area contributed by atoms with Crippen molar-refractivity contribution in [1.82, 2.24) is 19.9 Å². The number of thioether (sulfide) groups is 1. The number of aromatic nitrogens is 4. The molecule has 4 aromatic rings. The van der Waals surface area contributed by atoms with Crippen LogP contribution in [-0.2, 0) is 10.5 Å². The molecule has 0 aliphatic carbocycles. The third kappa shape index (κ3) is 4.10. The second-order valence-corrected chi connectivity index (χ2v) is 8.13. The van der Waals surface area contributed by atoms with E-state index in [2.05, 4.69) is 19.9 Å². The number of ether oxygens (including phenoxy) is 1. The van der Waals surface area contributed by atoms with Gasteiger partial charge in [-0.05, 0) is 37.3 Å². The largest absolute Gasteiger partial charge is 0.465 e. The molecule has 0 aliphatic rings. The van der Waals surface area contributed by atoms with Gasteiger partial charge in [0.25, 0.3) is 5.56 Å². The number of pyridine rings is 1. The Morgan fingerprint density at radius 1 is 1.23 bits per heavy atom. The third-order valence-electron chi connectivity index (χ3n) is 4.19. The van der Waals surface area contributed by atoms with Gasteiger partial charge in [0, 0.05) is 22.4 Å². The molecule has 152 valence electrons. The van der Waals surface area contributed by atoms with E-state index in [9.17, 15) is 14.0 Å². The molecule has 3 heterocycles. The van der Waals surface area contributed by atoms with Gasteiger partial charge in [-0.25, -0.2) is 24.1 Å². The van der Waals surface area contributed by atoms with Gasteiger partial charge < -0.3 is 9.72 Å². The van der Waals surface area contributed by atoms with Crippen LogP contribution in [0.15, 0.2) is 45.7 Å². The average molecular weight is 442 g/mol. The SMILES string of the molecule is COC(=O)c1cc(C)nc2nc(SCc3csc(-c4ccc(F)cc4)n3)[nH]c(=O)c12. The molecule has 7 nitrogen and oxygen atoms in total. The third-order valence-corrected chi connectivity index (χ3v) is 6.04. The normalized spacial score (nSPS) is 11.0. The lowest BCUT2D eigenvalue weighted by Crippen LogP contribution is -2.16. The van der Waals surface area contributed by atoms with Crippen LogP contribution >= 0.6 is 23.1 Å². The number of esters is 1. The smallest absolute Gasteiger partial charge is 0.338 e. The van der Waals surface area contributed by atoms with E-state index in [0.29, 0.717) is 16.6 Å². The minimum Gasteiger partial charge on any atom is -0.465 e. The number of hydrogen-bond donors (Lipinski definition) is 1. The average Bonchev–Trinajstić information content (AvgIpc) is 3.20. The first kappa shape index (κ1) is 20.2. The summed E-state index contributed by atoms with van der Waals surface area (Å²) in [6, 6.07) is 7.66. The van der Waals surface area contributed by atoms with Gasteiger partial charge in [-0.3, -0.25) is 4.79 Å². The number of nitrogens with one attached hydrogen (secondary N) is 1. The van der Waals surface area contributed by atoms with Crippen molar-refractivity contribution in [2.75, 3.05) is 7.11 Å². The quantitative estimate of drug-likeness (QED) is 0.284. The molecule has 3 aromatic heterocycles. The molecular weight excluding hydrogens is 427 g/mol.